The molecule has 0 aromatic carbocycles. The van der Waals surface area contributed by atoms with E-state index in [0.717, 1.165) is 11.3 Å². The zero-order chi connectivity index (χ0) is 11.6. The number of carbonyl (C=O) groups is 1. The third-order valence-corrected chi connectivity index (χ3v) is 2.93. The number of rotatable bonds is 3. The van der Waals surface area contributed by atoms with Crippen LogP contribution in [0.3, 0.4) is 0 Å². The van der Waals surface area contributed by atoms with E-state index in [1.54, 1.807) is 12.3 Å². The molecule has 0 aliphatic carbocycles. The summed E-state index contributed by atoms with van der Waals surface area (Å²) < 4.78 is 15.4. The Morgan fingerprint density at radius 2 is 2.50 bits per heavy atom. The second-order valence-electron chi connectivity index (χ2n) is 3.93. The number of hydrogen-bond donors (Lipinski definition) is 0. The Labute approximate surface area is 93.8 Å². The Balaban J connectivity index is 2.28. The molecule has 0 amide bonds. The molecule has 1 aromatic rings. The Hall–Kier alpha value is -1.55. The lowest BCUT2D eigenvalue weighted by molar-refractivity contribution is -0.151. The standard InChI is InChI=1S/C12H14O4/c1-9-7-15-8-12(9,11(13)14-2)6-10-4-3-5-16-10/h3-5H,1,6-8H2,2H3. The van der Waals surface area contributed by atoms with Gasteiger partial charge in [-0.2, -0.15) is 0 Å². The summed E-state index contributed by atoms with van der Waals surface area (Å²) in [5, 5.41) is 0. The average Bonchev–Trinajstić information content (AvgIpc) is 2.90. The molecule has 86 valence electrons. The molecule has 1 aromatic heterocycles. The minimum atomic E-state index is -0.785. The number of furan rings is 1. The maximum Gasteiger partial charge on any atom is 0.318 e. The van der Waals surface area contributed by atoms with Gasteiger partial charge in [-0.15, -0.1) is 0 Å². The zero-order valence-corrected chi connectivity index (χ0v) is 9.19. The molecule has 4 nitrogen and oxygen atoms in total. The van der Waals surface area contributed by atoms with Crippen LogP contribution in [0, 0.1) is 5.41 Å². The molecule has 0 radical (unpaired) electrons. The molecule has 0 spiro atoms. The Morgan fingerprint density at radius 1 is 1.69 bits per heavy atom. The van der Waals surface area contributed by atoms with Crippen LogP contribution in [0.15, 0.2) is 35.0 Å². The van der Waals surface area contributed by atoms with Crippen LogP contribution in [0.5, 0.6) is 0 Å². The topological polar surface area (TPSA) is 48.7 Å². The van der Waals surface area contributed by atoms with Gasteiger partial charge in [-0.1, -0.05) is 6.58 Å². The molecule has 0 N–H and O–H groups in total. The van der Waals surface area contributed by atoms with Crippen LogP contribution in [-0.2, 0) is 20.7 Å². The highest BCUT2D eigenvalue weighted by molar-refractivity contribution is 5.81. The van der Waals surface area contributed by atoms with Gasteiger partial charge >= 0.3 is 5.97 Å². The first-order chi connectivity index (χ1) is 7.69. The minimum absolute atomic E-state index is 0.305. The van der Waals surface area contributed by atoms with Crippen LogP contribution >= 0.6 is 0 Å². The van der Waals surface area contributed by atoms with Gasteiger partial charge < -0.3 is 13.9 Å². The van der Waals surface area contributed by atoms with Crippen LogP contribution in [-0.4, -0.2) is 26.3 Å². The van der Waals surface area contributed by atoms with E-state index >= 15 is 0 Å². The third-order valence-electron chi connectivity index (χ3n) is 2.93. The molecule has 1 fully saturated rings. The van der Waals surface area contributed by atoms with Crippen molar-refractivity contribution in [3.8, 4) is 0 Å². The summed E-state index contributed by atoms with van der Waals surface area (Å²) in [4.78, 5) is 11.9. The molecule has 0 bridgehead atoms. The molecule has 1 unspecified atom stereocenters. The fraction of sp³-hybridized carbons (Fsp3) is 0.417. The fourth-order valence-corrected chi connectivity index (χ4v) is 1.95. The molecular formula is C12H14O4. The molecule has 1 saturated heterocycles. The average molecular weight is 222 g/mol. The van der Waals surface area contributed by atoms with Gasteiger partial charge in [-0.25, -0.2) is 0 Å². The number of methoxy groups -OCH3 is 1. The number of carbonyl (C=O) groups excluding carboxylic acids is 1. The van der Waals surface area contributed by atoms with Crippen molar-refractivity contribution >= 4 is 5.97 Å². The van der Waals surface area contributed by atoms with Gasteiger partial charge in [0.05, 0.1) is 26.6 Å². The summed E-state index contributed by atoms with van der Waals surface area (Å²) in [6.07, 6.45) is 2.02. The second kappa shape index (κ2) is 4.14. The van der Waals surface area contributed by atoms with Crippen LogP contribution < -0.4 is 0 Å². The lowest BCUT2D eigenvalue weighted by Crippen LogP contribution is -2.36. The Bertz CT molecular complexity index is 393. The molecule has 0 saturated carbocycles. The molecular weight excluding hydrogens is 208 g/mol. The van der Waals surface area contributed by atoms with Crippen molar-refractivity contribution in [2.75, 3.05) is 20.3 Å². The first kappa shape index (κ1) is 11.0. The van der Waals surface area contributed by atoms with Crippen molar-refractivity contribution in [2.24, 2.45) is 5.41 Å². The van der Waals surface area contributed by atoms with Crippen LogP contribution in [0.1, 0.15) is 5.76 Å². The van der Waals surface area contributed by atoms with Gasteiger partial charge in [0.25, 0.3) is 0 Å². The quantitative estimate of drug-likeness (QED) is 0.575. The lowest BCUT2D eigenvalue weighted by atomic mass is 9.79. The number of hydrogen-bond acceptors (Lipinski definition) is 4. The second-order valence-corrected chi connectivity index (χ2v) is 3.93. The van der Waals surface area contributed by atoms with Crippen molar-refractivity contribution in [3.05, 3.63) is 36.3 Å². The highest BCUT2D eigenvalue weighted by Gasteiger charge is 2.47. The van der Waals surface area contributed by atoms with Gasteiger partial charge in [-0.05, 0) is 17.7 Å². The van der Waals surface area contributed by atoms with Gasteiger partial charge in [0, 0.05) is 6.42 Å². The highest BCUT2D eigenvalue weighted by atomic mass is 16.5. The fourth-order valence-electron chi connectivity index (χ4n) is 1.95. The van der Waals surface area contributed by atoms with Gasteiger partial charge in [-0.3, -0.25) is 4.79 Å². The number of ether oxygens (including phenoxy) is 2. The van der Waals surface area contributed by atoms with Crippen molar-refractivity contribution < 1.29 is 18.7 Å². The molecule has 1 atom stereocenters. The Morgan fingerprint density at radius 3 is 3.00 bits per heavy atom. The van der Waals surface area contributed by atoms with Crippen LogP contribution in [0.25, 0.3) is 0 Å². The van der Waals surface area contributed by atoms with E-state index < -0.39 is 5.41 Å². The van der Waals surface area contributed by atoms with E-state index in [1.165, 1.54) is 7.11 Å². The monoisotopic (exact) mass is 222 g/mol. The minimum Gasteiger partial charge on any atom is -0.469 e. The predicted octanol–water partition coefficient (Wildman–Crippen LogP) is 1.57. The molecule has 1 aliphatic rings. The van der Waals surface area contributed by atoms with Crippen molar-refractivity contribution in [1.29, 1.82) is 0 Å². The third kappa shape index (κ3) is 1.65. The van der Waals surface area contributed by atoms with E-state index in [4.69, 9.17) is 13.9 Å². The summed E-state index contributed by atoms with van der Waals surface area (Å²) in [5.74, 6) is 0.420. The smallest absolute Gasteiger partial charge is 0.318 e. The summed E-state index contributed by atoms with van der Waals surface area (Å²) in [5.41, 5.74) is -0.0391. The van der Waals surface area contributed by atoms with E-state index in [2.05, 4.69) is 6.58 Å². The molecule has 16 heavy (non-hydrogen) atoms. The zero-order valence-electron chi connectivity index (χ0n) is 9.19. The lowest BCUT2D eigenvalue weighted by Gasteiger charge is -2.24. The highest BCUT2D eigenvalue weighted by Crippen LogP contribution is 2.37. The van der Waals surface area contributed by atoms with Crippen molar-refractivity contribution in [1.82, 2.24) is 0 Å². The van der Waals surface area contributed by atoms with Gasteiger partial charge in [0.2, 0.25) is 0 Å². The van der Waals surface area contributed by atoms with E-state index in [-0.39, 0.29) is 5.97 Å². The number of esters is 1. The van der Waals surface area contributed by atoms with Crippen LogP contribution in [0.4, 0.5) is 0 Å². The Kier molecular flexibility index (Phi) is 2.83. The van der Waals surface area contributed by atoms with Crippen LogP contribution in [0.2, 0.25) is 0 Å². The van der Waals surface area contributed by atoms with Gasteiger partial charge in [0.1, 0.15) is 11.2 Å². The van der Waals surface area contributed by atoms with E-state index in [0.29, 0.717) is 19.6 Å². The largest absolute Gasteiger partial charge is 0.469 e. The van der Waals surface area contributed by atoms with E-state index in [9.17, 15) is 4.79 Å². The molecule has 4 heteroatoms. The van der Waals surface area contributed by atoms with E-state index in [1.807, 2.05) is 6.07 Å². The normalized spacial score (nSPS) is 24.7. The first-order valence-electron chi connectivity index (χ1n) is 5.06. The molecule has 1 aliphatic heterocycles. The summed E-state index contributed by atoms with van der Waals surface area (Å²) >= 11 is 0. The summed E-state index contributed by atoms with van der Waals surface area (Å²) in [7, 11) is 1.37. The molecule has 2 rings (SSSR count). The summed E-state index contributed by atoms with van der Waals surface area (Å²) in [6.45, 7) is 4.59. The first-order valence-corrected chi connectivity index (χ1v) is 5.06. The SMILES string of the molecule is C=C1COCC1(Cc1ccco1)C(=O)OC. The maximum absolute atomic E-state index is 11.9. The van der Waals surface area contributed by atoms with Crippen molar-refractivity contribution in [3.63, 3.8) is 0 Å². The maximum atomic E-state index is 11.9. The summed E-state index contributed by atoms with van der Waals surface area (Å²) in [6, 6.07) is 3.62. The van der Waals surface area contributed by atoms with Gasteiger partial charge in [0.15, 0.2) is 0 Å². The van der Waals surface area contributed by atoms with Crippen molar-refractivity contribution in [2.45, 2.75) is 6.42 Å². The molecule has 2 heterocycles. The predicted molar refractivity (Wildman–Crippen MR) is 56.8 cm³/mol.